The minimum atomic E-state index is -4.44. The number of phosphoric ester groups is 1. The molecule has 15 heteroatoms. The summed E-state index contributed by atoms with van der Waals surface area (Å²) in [7, 11) is -4.44. The Kier molecular flexibility index (Phi) is 7.34. The van der Waals surface area contributed by atoms with E-state index in [9.17, 15) is 18.9 Å². The molecule has 1 aromatic heterocycles. The highest BCUT2D eigenvalue weighted by Crippen LogP contribution is 2.59. The first kappa shape index (κ1) is 26.0. The summed E-state index contributed by atoms with van der Waals surface area (Å²) in [5, 5.41) is 11.3. The maximum atomic E-state index is 15.2. The standard InChI is InChI=1S/C21H22F2N3O9P/c1-12(18(28)29)8-10-32-36(31)33-11-14-16(35-36)21(22,23)19(34-14)26-9-7-15(25-20(26)30)24-17(27)13-5-3-2-4-6-13/h2-7,9,12,14,16,19H,8,10-11H2,1H3,(H,28,29)(H,24,25,27,30)/t12?,14-,16-,19-,36?/m1/s1. The number of halogens is 2. The van der Waals surface area contributed by atoms with E-state index >= 15 is 8.78 Å². The van der Waals surface area contributed by atoms with Crippen LogP contribution in [0.15, 0.2) is 47.4 Å². The zero-order valence-corrected chi connectivity index (χ0v) is 19.7. The zero-order valence-electron chi connectivity index (χ0n) is 18.8. The van der Waals surface area contributed by atoms with Crippen molar-refractivity contribution >= 4 is 25.5 Å². The Bertz CT molecular complexity index is 1240. The second-order valence-electron chi connectivity index (χ2n) is 8.15. The lowest BCUT2D eigenvalue weighted by Gasteiger charge is -2.31. The fourth-order valence-electron chi connectivity index (χ4n) is 3.54. The van der Waals surface area contributed by atoms with Crippen molar-refractivity contribution in [2.75, 3.05) is 18.5 Å². The van der Waals surface area contributed by atoms with Gasteiger partial charge in [-0.25, -0.2) is 9.36 Å². The van der Waals surface area contributed by atoms with Crippen LogP contribution in [-0.4, -0.2) is 57.9 Å². The van der Waals surface area contributed by atoms with Crippen LogP contribution in [0.1, 0.15) is 29.9 Å². The molecule has 1 amide bonds. The Labute approximate surface area is 202 Å². The van der Waals surface area contributed by atoms with Gasteiger partial charge in [-0.1, -0.05) is 25.1 Å². The Morgan fingerprint density at radius 2 is 2.06 bits per heavy atom. The number of carboxylic acids is 1. The summed E-state index contributed by atoms with van der Waals surface area (Å²) in [6, 6.07) is 9.25. The Morgan fingerprint density at radius 1 is 1.33 bits per heavy atom. The average molecular weight is 529 g/mol. The monoisotopic (exact) mass is 529 g/mol. The van der Waals surface area contributed by atoms with Crippen molar-refractivity contribution in [3.63, 3.8) is 0 Å². The number of carbonyl (C=O) groups excluding carboxylic acids is 1. The van der Waals surface area contributed by atoms with E-state index in [2.05, 4.69) is 10.3 Å². The molecule has 0 radical (unpaired) electrons. The molecule has 0 bridgehead atoms. The lowest BCUT2D eigenvalue weighted by Crippen LogP contribution is -2.45. The summed E-state index contributed by atoms with van der Waals surface area (Å²) in [6.45, 7) is 0.460. The van der Waals surface area contributed by atoms with Crippen molar-refractivity contribution in [2.24, 2.45) is 5.92 Å². The van der Waals surface area contributed by atoms with Crippen LogP contribution >= 0.6 is 7.82 Å². The molecule has 0 spiro atoms. The number of alkyl halides is 2. The van der Waals surface area contributed by atoms with Gasteiger partial charge in [0.25, 0.3) is 5.91 Å². The van der Waals surface area contributed by atoms with Gasteiger partial charge in [0.15, 0.2) is 6.10 Å². The summed E-state index contributed by atoms with van der Waals surface area (Å²) in [5.41, 5.74) is -0.827. The number of nitrogens with one attached hydrogen (secondary N) is 1. The van der Waals surface area contributed by atoms with Crippen LogP contribution in [0.3, 0.4) is 0 Å². The number of fused-ring (bicyclic) bond motifs is 1. The number of ether oxygens (including phenoxy) is 1. The first-order valence-electron chi connectivity index (χ1n) is 10.8. The highest BCUT2D eigenvalue weighted by atomic mass is 31.2. The molecule has 0 saturated carbocycles. The van der Waals surface area contributed by atoms with Crippen molar-refractivity contribution in [2.45, 2.75) is 37.7 Å². The van der Waals surface area contributed by atoms with E-state index in [1.165, 1.54) is 6.92 Å². The van der Waals surface area contributed by atoms with Crippen LogP contribution < -0.4 is 11.0 Å². The van der Waals surface area contributed by atoms with Gasteiger partial charge in [0.05, 0.1) is 19.1 Å². The second kappa shape index (κ2) is 10.1. The van der Waals surface area contributed by atoms with E-state index < -0.39 is 62.3 Å². The van der Waals surface area contributed by atoms with Crippen LogP contribution in [0.5, 0.6) is 0 Å². The van der Waals surface area contributed by atoms with Gasteiger partial charge in [-0.2, -0.15) is 13.8 Å². The number of nitrogens with zero attached hydrogens (tertiary/aromatic N) is 2. The predicted octanol–water partition coefficient (Wildman–Crippen LogP) is 2.68. The van der Waals surface area contributed by atoms with Gasteiger partial charge in [-0.3, -0.25) is 27.7 Å². The van der Waals surface area contributed by atoms with Crippen molar-refractivity contribution in [3.8, 4) is 0 Å². The highest BCUT2D eigenvalue weighted by Gasteiger charge is 2.65. The molecule has 194 valence electrons. The number of carboxylic acid groups (broad SMARTS) is 1. The smallest absolute Gasteiger partial charge is 0.475 e. The fraction of sp³-hybridized carbons (Fsp3) is 0.429. The number of amides is 1. The predicted molar refractivity (Wildman–Crippen MR) is 118 cm³/mol. The molecular formula is C21H22F2N3O9P. The van der Waals surface area contributed by atoms with E-state index in [1.807, 2.05) is 0 Å². The SMILES string of the molecule is CC(CCOP1(=O)OC[C@H]2O[C@@H](n3ccc(NC(=O)c4ccccc4)nc3=O)C(F)(F)[C@@H]2O1)C(=O)O. The first-order valence-corrected chi connectivity index (χ1v) is 12.3. The molecule has 3 heterocycles. The number of rotatable bonds is 8. The molecule has 2 aliphatic heterocycles. The van der Waals surface area contributed by atoms with Gasteiger partial charge in [-0.05, 0) is 24.6 Å². The molecule has 2 unspecified atom stereocenters. The van der Waals surface area contributed by atoms with E-state index in [1.54, 1.807) is 30.3 Å². The molecule has 2 aromatic rings. The Hall–Kier alpha value is -3.03. The van der Waals surface area contributed by atoms with Crippen LogP contribution in [-0.2, 0) is 27.7 Å². The average Bonchev–Trinajstić information content (AvgIpc) is 3.09. The summed E-state index contributed by atoms with van der Waals surface area (Å²) < 4.78 is 63.9. The molecule has 2 saturated heterocycles. The van der Waals surface area contributed by atoms with Crippen molar-refractivity contribution in [1.82, 2.24) is 9.55 Å². The lowest BCUT2D eigenvalue weighted by atomic mass is 10.1. The van der Waals surface area contributed by atoms with Crippen LogP contribution in [0.2, 0.25) is 0 Å². The topological polar surface area (TPSA) is 155 Å². The number of hydrogen-bond donors (Lipinski definition) is 2. The Balaban J connectivity index is 1.45. The molecular weight excluding hydrogens is 507 g/mol. The normalized spacial score (nSPS) is 27.7. The number of hydrogen-bond acceptors (Lipinski definition) is 9. The third-order valence-corrected chi connectivity index (χ3v) is 7.02. The van der Waals surface area contributed by atoms with Gasteiger partial charge in [-0.15, -0.1) is 0 Å². The minimum Gasteiger partial charge on any atom is -0.481 e. The van der Waals surface area contributed by atoms with Crippen molar-refractivity contribution in [1.29, 1.82) is 0 Å². The van der Waals surface area contributed by atoms with Gasteiger partial charge >= 0.3 is 25.4 Å². The second-order valence-corrected chi connectivity index (χ2v) is 9.78. The highest BCUT2D eigenvalue weighted by molar-refractivity contribution is 7.48. The first-order chi connectivity index (χ1) is 17.0. The van der Waals surface area contributed by atoms with E-state index in [0.29, 0.717) is 10.1 Å². The van der Waals surface area contributed by atoms with Gasteiger partial charge in [0, 0.05) is 11.8 Å². The number of anilines is 1. The third-order valence-electron chi connectivity index (χ3n) is 5.57. The molecule has 36 heavy (non-hydrogen) atoms. The van der Waals surface area contributed by atoms with Gasteiger partial charge < -0.3 is 15.2 Å². The molecule has 1 aromatic carbocycles. The van der Waals surface area contributed by atoms with E-state index in [0.717, 1.165) is 12.3 Å². The van der Waals surface area contributed by atoms with Gasteiger partial charge in [0.2, 0.25) is 6.23 Å². The number of aromatic nitrogens is 2. The quantitative estimate of drug-likeness (QED) is 0.488. The minimum absolute atomic E-state index is 0.0517. The van der Waals surface area contributed by atoms with Crippen molar-refractivity contribution in [3.05, 3.63) is 58.6 Å². The van der Waals surface area contributed by atoms with Crippen molar-refractivity contribution < 1.29 is 46.3 Å². The molecule has 12 nitrogen and oxygen atoms in total. The third kappa shape index (κ3) is 5.37. The molecule has 4 rings (SSSR count). The number of benzene rings is 1. The van der Waals surface area contributed by atoms with E-state index in [4.69, 9.17) is 23.4 Å². The summed E-state index contributed by atoms with van der Waals surface area (Å²) >= 11 is 0. The number of carbonyl (C=O) groups is 2. The zero-order chi connectivity index (χ0) is 26.1. The lowest BCUT2D eigenvalue weighted by molar-refractivity contribution is -0.142. The molecule has 2 N–H and O–H groups in total. The number of aliphatic carboxylic acids is 1. The van der Waals surface area contributed by atoms with Gasteiger partial charge in [0.1, 0.15) is 11.9 Å². The molecule has 5 atom stereocenters. The summed E-state index contributed by atoms with van der Waals surface area (Å²) in [5.74, 6) is -6.48. The van der Waals surface area contributed by atoms with Crippen LogP contribution in [0, 0.1) is 5.92 Å². The molecule has 0 aliphatic carbocycles. The maximum Gasteiger partial charge on any atom is 0.475 e. The Morgan fingerprint density at radius 3 is 2.72 bits per heavy atom. The van der Waals surface area contributed by atoms with E-state index in [-0.39, 0.29) is 18.8 Å². The maximum absolute atomic E-state index is 15.2. The molecule has 2 aliphatic rings. The fourth-order valence-corrected chi connectivity index (χ4v) is 4.95. The van der Waals surface area contributed by atoms with Crippen LogP contribution in [0.25, 0.3) is 0 Å². The summed E-state index contributed by atoms with van der Waals surface area (Å²) in [4.78, 5) is 39.3. The largest absolute Gasteiger partial charge is 0.481 e. The molecule has 2 fully saturated rings. The summed E-state index contributed by atoms with van der Waals surface area (Å²) in [6.07, 6.45) is -4.67. The number of phosphoric acid groups is 1. The van der Waals surface area contributed by atoms with Crippen LogP contribution in [0.4, 0.5) is 14.6 Å².